The predicted octanol–water partition coefficient (Wildman–Crippen LogP) is 6.10. The second-order valence-electron chi connectivity index (χ2n) is 4.91. The summed E-state index contributed by atoms with van der Waals surface area (Å²) in [7, 11) is 0. The van der Waals surface area contributed by atoms with Gasteiger partial charge in [0.25, 0.3) is 0 Å². The van der Waals surface area contributed by atoms with E-state index in [4.69, 9.17) is 0 Å². The molecule has 0 aliphatic rings. The molecule has 0 saturated carbocycles. The molecule has 1 aromatic heterocycles. The van der Waals surface area contributed by atoms with E-state index in [-0.39, 0.29) is 0 Å². The fourth-order valence-corrected chi connectivity index (χ4v) is 3.75. The largest absolute Gasteiger partial charge is 0.380 e. The average Bonchev–Trinajstić information content (AvgIpc) is 2.85. The van der Waals surface area contributed by atoms with Gasteiger partial charge in [-0.2, -0.15) is 0 Å². The SMILES string of the molecule is Cc1sc(CNc2ccc(-c3ccccc3)cc2)cc1Br. The maximum atomic E-state index is 3.56. The van der Waals surface area contributed by atoms with Gasteiger partial charge in [0, 0.05) is 26.5 Å². The number of nitrogens with one attached hydrogen (secondary N) is 1. The number of benzene rings is 2. The van der Waals surface area contributed by atoms with Crippen LogP contribution in [0.2, 0.25) is 0 Å². The molecule has 0 saturated heterocycles. The Kier molecular flexibility index (Phi) is 4.42. The molecule has 0 atom stereocenters. The third-order valence-corrected chi connectivity index (χ3v) is 5.50. The Labute approximate surface area is 137 Å². The molecule has 1 N–H and O–H groups in total. The third kappa shape index (κ3) is 3.55. The van der Waals surface area contributed by atoms with Crippen LogP contribution in [0, 0.1) is 6.92 Å². The number of anilines is 1. The molecule has 0 unspecified atom stereocenters. The van der Waals surface area contributed by atoms with Crippen molar-refractivity contribution in [2.45, 2.75) is 13.5 Å². The van der Waals surface area contributed by atoms with Gasteiger partial charge in [0.05, 0.1) is 0 Å². The summed E-state index contributed by atoms with van der Waals surface area (Å²) in [6.07, 6.45) is 0. The van der Waals surface area contributed by atoms with Gasteiger partial charge in [0.1, 0.15) is 0 Å². The van der Waals surface area contributed by atoms with E-state index in [1.165, 1.54) is 25.4 Å². The lowest BCUT2D eigenvalue weighted by Crippen LogP contribution is -1.96. The van der Waals surface area contributed by atoms with Crippen LogP contribution >= 0.6 is 27.3 Å². The minimum atomic E-state index is 0.863. The van der Waals surface area contributed by atoms with Crippen molar-refractivity contribution in [2.24, 2.45) is 0 Å². The van der Waals surface area contributed by atoms with Gasteiger partial charge < -0.3 is 5.32 Å². The zero-order valence-corrected chi connectivity index (χ0v) is 14.2. The molecule has 106 valence electrons. The van der Waals surface area contributed by atoms with Gasteiger partial charge in [-0.3, -0.25) is 0 Å². The first-order chi connectivity index (χ1) is 10.2. The molecule has 0 radical (unpaired) electrons. The quantitative estimate of drug-likeness (QED) is 0.594. The number of hydrogen-bond acceptors (Lipinski definition) is 2. The lowest BCUT2D eigenvalue weighted by Gasteiger charge is -2.06. The van der Waals surface area contributed by atoms with Crippen LogP contribution in [-0.2, 0) is 6.54 Å². The average molecular weight is 358 g/mol. The van der Waals surface area contributed by atoms with Gasteiger partial charge >= 0.3 is 0 Å². The highest BCUT2D eigenvalue weighted by molar-refractivity contribution is 9.10. The molecule has 2 aromatic carbocycles. The second-order valence-corrected chi connectivity index (χ2v) is 7.11. The molecule has 0 aliphatic carbocycles. The predicted molar refractivity (Wildman–Crippen MR) is 96.0 cm³/mol. The van der Waals surface area contributed by atoms with Gasteiger partial charge in [-0.1, -0.05) is 42.5 Å². The van der Waals surface area contributed by atoms with Crippen LogP contribution < -0.4 is 5.32 Å². The normalized spacial score (nSPS) is 10.6. The lowest BCUT2D eigenvalue weighted by atomic mass is 10.1. The fraction of sp³-hybridized carbons (Fsp3) is 0.111. The maximum Gasteiger partial charge on any atom is 0.0494 e. The number of hydrogen-bond donors (Lipinski definition) is 1. The number of halogens is 1. The Morgan fingerprint density at radius 3 is 2.24 bits per heavy atom. The van der Waals surface area contributed by atoms with Gasteiger partial charge in [0.15, 0.2) is 0 Å². The van der Waals surface area contributed by atoms with Crippen LogP contribution in [0.1, 0.15) is 9.75 Å². The van der Waals surface area contributed by atoms with Crippen LogP contribution in [-0.4, -0.2) is 0 Å². The number of rotatable bonds is 4. The summed E-state index contributed by atoms with van der Waals surface area (Å²) in [6.45, 7) is 2.99. The Hall–Kier alpha value is -1.58. The van der Waals surface area contributed by atoms with Crippen LogP contribution in [0.15, 0.2) is 65.1 Å². The minimum absolute atomic E-state index is 0.863. The second kappa shape index (κ2) is 6.46. The summed E-state index contributed by atoms with van der Waals surface area (Å²) in [5.74, 6) is 0. The molecule has 3 heteroatoms. The monoisotopic (exact) mass is 357 g/mol. The minimum Gasteiger partial charge on any atom is -0.380 e. The van der Waals surface area contributed by atoms with Crippen molar-refractivity contribution in [1.82, 2.24) is 0 Å². The highest BCUT2D eigenvalue weighted by Gasteiger charge is 2.03. The molecular weight excluding hydrogens is 342 g/mol. The van der Waals surface area contributed by atoms with Crippen LogP contribution in [0.25, 0.3) is 11.1 Å². The molecule has 0 aliphatic heterocycles. The molecule has 21 heavy (non-hydrogen) atoms. The molecule has 0 amide bonds. The van der Waals surface area contributed by atoms with E-state index in [2.05, 4.69) is 82.8 Å². The van der Waals surface area contributed by atoms with E-state index in [0.717, 1.165) is 12.2 Å². The van der Waals surface area contributed by atoms with E-state index in [1.807, 2.05) is 17.4 Å². The van der Waals surface area contributed by atoms with Gasteiger partial charge in [-0.25, -0.2) is 0 Å². The van der Waals surface area contributed by atoms with Gasteiger partial charge in [-0.05, 0) is 52.2 Å². The maximum absolute atomic E-state index is 3.56. The fourth-order valence-electron chi connectivity index (χ4n) is 2.21. The van der Waals surface area contributed by atoms with E-state index >= 15 is 0 Å². The Morgan fingerprint density at radius 2 is 1.62 bits per heavy atom. The van der Waals surface area contributed by atoms with E-state index < -0.39 is 0 Å². The van der Waals surface area contributed by atoms with Crippen molar-refractivity contribution < 1.29 is 0 Å². The Morgan fingerprint density at radius 1 is 0.952 bits per heavy atom. The molecule has 0 fully saturated rings. The smallest absolute Gasteiger partial charge is 0.0494 e. The summed E-state index contributed by atoms with van der Waals surface area (Å²) in [5, 5.41) is 3.47. The first kappa shape index (κ1) is 14.4. The summed E-state index contributed by atoms with van der Waals surface area (Å²) in [4.78, 5) is 2.66. The zero-order valence-electron chi connectivity index (χ0n) is 11.8. The number of aryl methyl sites for hydroxylation is 1. The molecular formula is C18H16BrNS. The molecule has 3 rings (SSSR count). The number of thiophene rings is 1. The van der Waals surface area contributed by atoms with Crippen LogP contribution in [0.5, 0.6) is 0 Å². The molecule has 3 aromatic rings. The Balaban J connectivity index is 1.67. The first-order valence-electron chi connectivity index (χ1n) is 6.86. The highest BCUT2D eigenvalue weighted by atomic mass is 79.9. The van der Waals surface area contributed by atoms with Gasteiger partial charge in [0.2, 0.25) is 0 Å². The van der Waals surface area contributed by atoms with Gasteiger partial charge in [-0.15, -0.1) is 11.3 Å². The summed E-state index contributed by atoms with van der Waals surface area (Å²) in [5.41, 5.74) is 3.65. The first-order valence-corrected chi connectivity index (χ1v) is 8.47. The molecule has 0 bridgehead atoms. The van der Waals surface area contributed by atoms with Crippen molar-refractivity contribution in [3.8, 4) is 11.1 Å². The summed E-state index contributed by atoms with van der Waals surface area (Å²) < 4.78 is 1.20. The summed E-state index contributed by atoms with van der Waals surface area (Å²) >= 11 is 5.38. The van der Waals surface area contributed by atoms with Crippen molar-refractivity contribution in [1.29, 1.82) is 0 Å². The van der Waals surface area contributed by atoms with Crippen molar-refractivity contribution in [3.63, 3.8) is 0 Å². The highest BCUT2D eigenvalue weighted by Crippen LogP contribution is 2.27. The van der Waals surface area contributed by atoms with Crippen LogP contribution in [0.3, 0.4) is 0 Å². The topological polar surface area (TPSA) is 12.0 Å². The van der Waals surface area contributed by atoms with Crippen molar-refractivity contribution >= 4 is 33.0 Å². The van der Waals surface area contributed by atoms with Crippen molar-refractivity contribution in [3.05, 3.63) is 74.9 Å². The van der Waals surface area contributed by atoms with E-state index in [9.17, 15) is 0 Å². The molecule has 1 heterocycles. The standard InChI is InChI=1S/C18H16BrNS/c1-13-18(19)11-17(21-13)12-20-16-9-7-15(8-10-16)14-5-3-2-4-6-14/h2-11,20H,12H2,1H3. The van der Waals surface area contributed by atoms with E-state index in [0.29, 0.717) is 0 Å². The molecule has 0 spiro atoms. The lowest BCUT2D eigenvalue weighted by molar-refractivity contribution is 1.19. The summed E-state index contributed by atoms with van der Waals surface area (Å²) in [6, 6.07) is 21.2. The third-order valence-electron chi connectivity index (χ3n) is 3.37. The van der Waals surface area contributed by atoms with Crippen LogP contribution in [0.4, 0.5) is 5.69 Å². The zero-order chi connectivity index (χ0) is 14.7. The Bertz CT molecular complexity index is 697. The molecule has 1 nitrogen and oxygen atoms in total. The van der Waals surface area contributed by atoms with E-state index in [1.54, 1.807) is 0 Å². The van der Waals surface area contributed by atoms with Crippen molar-refractivity contribution in [2.75, 3.05) is 5.32 Å².